The third kappa shape index (κ3) is 7.26. The maximum Gasteiger partial charge on any atom is 0.227 e. The summed E-state index contributed by atoms with van der Waals surface area (Å²) in [7, 11) is 0. The van der Waals surface area contributed by atoms with Crippen LogP contribution in [0.4, 0.5) is 5.69 Å². The van der Waals surface area contributed by atoms with Crippen molar-refractivity contribution in [3.8, 4) is 0 Å². The molecule has 0 spiro atoms. The molecular formula is C23H33N3O. The molecule has 4 rings (SSSR count). The zero-order chi connectivity index (χ0) is 20.2. The van der Waals surface area contributed by atoms with Crippen LogP contribution in [0.3, 0.4) is 0 Å². The lowest BCUT2D eigenvalue weighted by atomic mass is 10.2. The van der Waals surface area contributed by atoms with E-state index in [1.165, 1.54) is 10.9 Å². The monoisotopic (exact) mass is 367 g/mol. The predicted molar refractivity (Wildman–Crippen MR) is 116 cm³/mol. The van der Waals surface area contributed by atoms with Gasteiger partial charge in [0.1, 0.15) is 0 Å². The highest BCUT2D eigenvalue weighted by Gasteiger charge is 2.29. The number of carbonyl (C=O) groups excluding carboxylic acids is 1. The first-order valence-corrected chi connectivity index (χ1v) is 9.91. The van der Waals surface area contributed by atoms with Crippen molar-refractivity contribution in [2.24, 2.45) is 5.92 Å². The van der Waals surface area contributed by atoms with E-state index in [9.17, 15) is 4.79 Å². The first-order chi connectivity index (χ1) is 13.1. The second-order valence-electron chi connectivity index (χ2n) is 6.00. The standard InChI is InChI=1S/C11H13NO.C8H8N2.2C2H6/c1-8-2-6-10(7-3-8)12-11(13)9-4-5-9;1-6-7-4-2-3-5-8(7)10-9-6;2*1-2/h2-3,6-7,9H,4-5H2,1H3,(H,12,13);2-5H,1H3,(H,9,10);2*1-2H3. The average molecular weight is 368 g/mol. The normalized spacial score (nSPS) is 11.8. The summed E-state index contributed by atoms with van der Waals surface area (Å²) in [5.74, 6) is 0.449. The number of H-pyrrole nitrogens is 1. The molecule has 0 radical (unpaired) electrons. The van der Waals surface area contributed by atoms with Gasteiger partial charge in [0.2, 0.25) is 5.91 Å². The first kappa shape index (κ1) is 22.4. The lowest BCUT2D eigenvalue weighted by molar-refractivity contribution is -0.117. The predicted octanol–water partition coefficient (Wildman–Crippen LogP) is 6.27. The molecule has 1 amide bonds. The van der Waals surface area contributed by atoms with Gasteiger partial charge < -0.3 is 5.32 Å². The summed E-state index contributed by atoms with van der Waals surface area (Å²) in [5.41, 5.74) is 4.29. The number of nitrogens with zero attached hydrogens (tertiary/aromatic N) is 1. The summed E-state index contributed by atoms with van der Waals surface area (Å²) in [6.07, 6.45) is 2.11. The fourth-order valence-electron chi connectivity index (χ4n) is 2.32. The van der Waals surface area contributed by atoms with Gasteiger partial charge in [0.25, 0.3) is 0 Å². The molecule has 1 heterocycles. The maximum atomic E-state index is 11.3. The smallest absolute Gasteiger partial charge is 0.227 e. The molecule has 27 heavy (non-hydrogen) atoms. The van der Waals surface area contributed by atoms with Gasteiger partial charge in [-0.25, -0.2) is 0 Å². The zero-order valence-electron chi connectivity index (χ0n) is 17.5. The molecule has 1 aliphatic rings. The minimum absolute atomic E-state index is 0.170. The van der Waals surface area contributed by atoms with E-state index in [-0.39, 0.29) is 11.8 Å². The summed E-state index contributed by atoms with van der Waals surface area (Å²) in [5, 5.41) is 11.1. The Morgan fingerprint density at radius 3 is 2.11 bits per heavy atom. The van der Waals surface area contributed by atoms with Crippen molar-refractivity contribution in [1.29, 1.82) is 0 Å². The van der Waals surface area contributed by atoms with Crippen molar-refractivity contribution < 1.29 is 4.79 Å². The lowest BCUT2D eigenvalue weighted by Crippen LogP contribution is -2.12. The number of nitrogens with one attached hydrogen (secondary N) is 2. The van der Waals surface area contributed by atoms with E-state index in [2.05, 4.69) is 21.6 Å². The summed E-state index contributed by atoms with van der Waals surface area (Å²) >= 11 is 0. The highest BCUT2D eigenvalue weighted by Crippen LogP contribution is 2.30. The summed E-state index contributed by atoms with van der Waals surface area (Å²) < 4.78 is 0. The van der Waals surface area contributed by atoms with Crippen LogP contribution in [0.15, 0.2) is 48.5 Å². The van der Waals surface area contributed by atoms with Crippen molar-refractivity contribution in [1.82, 2.24) is 10.2 Å². The number of fused-ring (bicyclic) bond motifs is 1. The number of aromatic nitrogens is 2. The minimum Gasteiger partial charge on any atom is -0.326 e. The summed E-state index contributed by atoms with van der Waals surface area (Å²) in [6.45, 7) is 12.1. The van der Waals surface area contributed by atoms with E-state index in [4.69, 9.17) is 0 Å². The maximum absolute atomic E-state index is 11.3. The van der Waals surface area contributed by atoms with Gasteiger partial charge in [-0.3, -0.25) is 9.89 Å². The number of amides is 1. The fourth-order valence-corrected chi connectivity index (χ4v) is 2.32. The highest BCUT2D eigenvalue weighted by atomic mass is 16.2. The molecule has 1 aliphatic carbocycles. The van der Waals surface area contributed by atoms with Crippen LogP contribution in [0.5, 0.6) is 0 Å². The van der Waals surface area contributed by atoms with Gasteiger partial charge in [0.05, 0.1) is 5.52 Å². The Morgan fingerprint density at radius 2 is 1.56 bits per heavy atom. The van der Waals surface area contributed by atoms with Crippen molar-refractivity contribution in [2.45, 2.75) is 54.4 Å². The minimum atomic E-state index is 0.170. The van der Waals surface area contributed by atoms with E-state index in [1.807, 2.05) is 84.0 Å². The molecule has 0 aliphatic heterocycles. The Balaban J connectivity index is 0.000000233. The number of benzene rings is 2. The Bertz CT molecular complexity index is 802. The van der Waals surface area contributed by atoms with Gasteiger partial charge in [-0.05, 0) is 44.9 Å². The Hall–Kier alpha value is -2.62. The Labute approximate surface area is 163 Å². The van der Waals surface area contributed by atoms with Crippen LogP contribution < -0.4 is 5.32 Å². The molecule has 2 aromatic carbocycles. The largest absolute Gasteiger partial charge is 0.326 e. The number of rotatable bonds is 2. The number of anilines is 1. The van der Waals surface area contributed by atoms with Crippen LogP contribution in [0, 0.1) is 19.8 Å². The molecule has 1 aromatic heterocycles. The zero-order valence-corrected chi connectivity index (χ0v) is 17.5. The van der Waals surface area contributed by atoms with Crippen LogP contribution in [-0.4, -0.2) is 16.1 Å². The average Bonchev–Trinajstić information content (AvgIpc) is 3.51. The van der Waals surface area contributed by atoms with Gasteiger partial charge in [-0.1, -0.05) is 63.6 Å². The lowest BCUT2D eigenvalue weighted by Gasteiger charge is -2.03. The molecule has 0 unspecified atom stereocenters. The van der Waals surface area contributed by atoms with E-state index >= 15 is 0 Å². The number of hydrogen-bond acceptors (Lipinski definition) is 2. The van der Waals surface area contributed by atoms with Crippen LogP contribution in [-0.2, 0) is 4.79 Å². The van der Waals surface area contributed by atoms with Crippen molar-refractivity contribution in [3.05, 3.63) is 59.8 Å². The second-order valence-corrected chi connectivity index (χ2v) is 6.00. The SMILES string of the molecule is CC.CC.Cc1[nH]nc2ccccc12.Cc1ccc(NC(=O)C2CC2)cc1. The molecule has 1 saturated carbocycles. The Morgan fingerprint density at radius 1 is 0.963 bits per heavy atom. The van der Waals surface area contributed by atoms with Crippen LogP contribution in [0.25, 0.3) is 10.9 Å². The van der Waals surface area contributed by atoms with E-state index in [0.717, 1.165) is 29.7 Å². The number of aryl methyl sites for hydroxylation is 2. The number of aromatic amines is 1. The van der Waals surface area contributed by atoms with Crippen LogP contribution in [0.1, 0.15) is 51.8 Å². The molecule has 4 nitrogen and oxygen atoms in total. The van der Waals surface area contributed by atoms with Gasteiger partial charge >= 0.3 is 0 Å². The van der Waals surface area contributed by atoms with Crippen LogP contribution in [0.2, 0.25) is 0 Å². The third-order valence-electron chi connectivity index (χ3n) is 3.92. The molecular weight excluding hydrogens is 334 g/mol. The molecule has 4 heteroatoms. The van der Waals surface area contributed by atoms with Crippen molar-refractivity contribution >= 4 is 22.5 Å². The van der Waals surface area contributed by atoms with Crippen molar-refractivity contribution in [3.63, 3.8) is 0 Å². The highest BCUT2D eigenvalue weighted by molar-refractivity contribution is 5.94. The Kier molecular flexibility index (Phi) is 9.88. The van der Waals surface area contributed by atoms with E-state index in [0.29, 0.717) is 0 Å². The number of hydrogen-bond donors (Lipinski definition) is 2. The van der Waals surface area contributed by atoms with Crippen LogP contribution >= 0.6 is 0 Å². The van der Waals surface area contributed by atoms with Gasteiger partial charge in [0.15, 0.2) is 0 Å². The van der Waals surface area contributed by atoms with Gasteiger partial charge in [-0.2, -0.15) is 5.10 Å². The first-order valence-electron chi connectivity index (χ1n) is 9.91. The second kappa shape index (κ2) is 11.9. The molecule has 146 valence electrons. The fraction of sp³-hybridized carbons (Fsp3) is 0.391. The molecule has 0 saturated heterocycles. The number of para-hydroxylation sites is 1. The molecule has 0 atom stereocenters. The van der Waals surface area contributed by atoms with Crippen molar-refractivity contribution in [2.75, 3.05) is 5.32 Å². The number of carbonyl (C=O) groups is 1. The quantitative estimate of drug-likeness (QED) is 0.561. The molecule has 1 fully saturated rings. The van der Waals surface area contributed by atoms with Gasteiger partial charge in [0, 0.05) is 22.7 Å². The third-order valence-corrected chi connectivity index (χ3v) is 3.92. The topological polar surface area (TPSA) is 57.8 Å². The summed E-state index contributed by atoms with van der Waals surface area (Å²) in [4.78, 5) is 11.3. The molecule has 2 N–H and O–H groups in total. The summed E-state index contributed by atoms with van der Waals surface area (Å²) in [6, 6.07) is 16.0. The molecule has 0 bridgehead atoms. The molecule has 3 aromatic rings. The van der Waals surface area contributed by atoms with Gasteiger partial charge in [-0.15, -0.1) is 0 Å². The van der Waals surface area contributed by atoms with E-state index < -0.39 is 0 Å². The van der Waals surface area contributed by atoms with E-state index in [1.54, 1.807) is 0 Å².